The van der Waals surface area contributed by atoms with Gasteiger partial charge in [0.15, 0.2) is 0 Å². The van der Waals surface area contributed by atoms with Crippen LogP contribution in [-0.2, 0) is 14.4 Å². The van der Waals surface area contributed by atoms with Crippen molar-refractivity contribution in [2.24, 2.45) is 11.8 Å². The van der Waals surface area contributed by atoms with Crippen LogP contribution < -0.4 is 10.4 Å². The number of nitrogens with one attached hydrogen (secondary N) is 1. The molecule has 1 aliphatic carbocycles. The van der Waals surface area contributed by atoms with Crippen LogP contribution in [0.15, 0.2) is 36.4 Å². The molecule has 2 unspecified atom stereocenters. The van der Waals surface area contributed by atoms with Crippen LogP contribution in [0, 0.1) is 11.8 Å². The Morgan fingerprint density at radius 3 is 2.43 bits per heavy atom. The Morgan fingerprint density at radius 1 is 1.10 bits per heavy atom. The molecule has 8 nitrogen and oxygen atoms in total. The second-order valence-corrected chi connectivity index (χ2v) is 7.58. The maximum atomic E-state index is 12.9. The van der Waals surface area contributed by atoms with E-state index in [0.717, 1.165) is 0 Å². The van der Waals surface area contributed by atoms with Gasteiger partial charge in [0.25, 0.3) is 5.91 Å². The molecule has 1 saturated heterocycles. The number of amides is 4. The van der Waals surface area contributed by atoms with Crippen molar-refractivity contribution in [2.75, 3.05) is 31.7 Å². The Morgan fingerprint density at radius 2 is 1.77 bits per heavy atom. The molecular weight excluding hydrogens is 384 g/mol. The van der Waals surface area contributed by atoms with Gasteiger partial charge in [-0.15, -0.1) is 0 Å². The molecule has 8 heteroatoms. The van der Waals surface area contributed by atoms with E-state index < -0.39 is 5.92 Å². The number of hydrogen-bond acceptors (Lipinski definition) is 4. The Balaban J connectivity index is 1.76. The first kappa shape index (κ1) is 21.5. The van der Waals surface area contributed by atoms with E-state index in [9.17, 15) is 19.2 Å². The van der Waals surface area contributed by atoms with Crippen LogP contribution in [0.5, 0.6) is 0 Å². The SMILES string of the molecule is CCN(CC)C(=O)CN(C)C(=O)c1cccc(N2NC(=O)C3CC=CCC3C2=O)c1. The first-order valence-electron chi connectivity index (χ1n) is 10.3. The third-order valence-electron chi connectivity index (χ3n) is 5.72. The maximum absolute atomic E-state index is 12.9. The van der Waals surface area contributed by atoms with Crippen LogP contribution in [0.2, 0.25) is 0 Å². The summed E-state index contributed by atoms with van der Waals surface area (Å²) in [7, 11) is 1.57. The van der Waals surface area contributed by atoms with E-state index >= 15 is 0 Å². The van der Waals surface area contributed by atoms with E-state index in [-0.39, 0.29) is 36.1 Å². The number of carbonyl (C=O) groups is 4. The van der Waals surface area contributed by atoms with Crippen molar-refractivity contribution in [2.45, 2.75) is 26.7 Å². The summed E-state index contributed by atoms with van der Waals surface area (Å²) in [6.45, 7) is 4.93. The zero-order valence-electron chi connectivity index (χ0n) is 17.6. The Bertz CT molecular complexity index is 878. The Kier molecular flexibility index (Phi) is 6.54. The molecule has 4 amide bonds. The minimum Gasteiger partial charge on any atom is -0.342 e. The molecule has 1 N–H and O–H groups in total. The smallest absolute Gasteiger partial charge is 0.254 e. The Hall–Kier alpha value is -3.16. The highest BCUT2D eigenvalue weighted by Gasteiger charge is 2.42. The average Bonchev–Trinajstić information content (AvgIpc) is 2.76. The molecule has 1 fully saturated rings. The van der Waals surface area contributed by atoms with Crippen molar-refractivity contribution in [1.29, 1.82) is 0 Å². The third kappa shape index (κ3) is 4.22. The number of carbonyl (C=O) groups excluding carboxylic acids is 4. The summed E-state index contributed by atoms with van der Waals surface area (Å²) in [4.78, 5) is 53.6. The lowest BCUT2D eigenvalue weighted by molar-refractivity contribution is -0.140. The molecule has 2 aliphatic rings. The monoisotopic (exact) mass is 412 g/mol. The lowest BCUT2D eigenvalue weighted by atomic mass is 9.80. The van der Waals surface area contributed by atoms with Crippen molar-refractivity contribution in [3.05, 3.63) is 42.0 Å². The van der Waals surface area contributed by atoms with Crippen LogP contribution in [0.4, 0.5) is 5.69 Å². The molecule has 160 valence electrons. The van der Waals surface area contributed by atoms with E-state index in [2.05, 4.69) is 5.43 Å². The molecule has 0 radical (unpaired) electrons. The molecule has 2 atom stereocenters. The van der Waals surface area contributed by atoms with Gasteiger partial charge in [-0.05, 0) is 44.9 Å². The molecule has 30 heavy (non-hydrogen) atoms. The van der Waals surface area contributed by atoms with Gasteiger partial charge in [0.2, 0.25) is 17.7 Å². The van der Waals surface area contributed by atoms with Gasteiger partial charge in [-0.2, -0.15) is 0 Å². The average molecular weight is 412 g/mol. The minimum atomic E-state index is -0.391. The zero-order chi connectivity index (χ0) is 21.8. The molecule has 0 aromatic heterocycles. The summed E-state index contributed by atoms with van der Waals surface area (Å²) in [6, 6.07) is 6.54. The summed E-state index contributed by atoms with van der Waals surface area (Å²) in [6.07, 6.45) is 4.94. The number of fused-ring (bicyclic) bond motifs is 1. The molecule has 0 bridgehead atoms. The normalized spacial score (nSPS) is 20.4. The first-order chi connectivity index (χ1) is 14.4. The second kappa shape index (κ2) is 9.11. The van der Waals surface area contributed by atoms with Crippen LogP contribution in [0.25, 0.3) is 0 Å². The number of allylic oxidation sites excluding steroid dienone is 2. The summed E-state index contributed by atoms with van der Waals surface area (Å²) in [5.74, 6) is -1.56. The third-order valence-corrected chi connectivity index (χ3v) is 5.72. The molecule has 3 rings (SSSR count). The molecule has 1 aliphatic heterocycles. The summed E-state index contributed by atoms with van der Waals surface area (Å²) in [5.41, 5.74) is 3.43. The van der Waals surface area contributed by atoms with Crippen molar-refractivity contribution < 1.29 is 19.2 Å². The largest absolute Gasteiger partial charge is 0.342 e. The van der Waals surface area contributed by atoms with Gasteiger partial charge in [-0.3, -0.25) is 24.6 Å². The maximum Gasteiger partial charge on any atom is 0.254 e. The van der Waals surface area contributed by atoms with E-state index in [1.165, 1.54) is 9.91 Å². The summed E-state index contributed by atoms with van der Waals surface area (Å²) < 4.78 is 0. The number of nitrogens with zero attached hydrogens (tertiary/aromatic N) is 3. The van der Waals surface area contributed by atoms with E-state index in [1.807, 2.05) is 26.0 Å². The number of hydrogen-bond donors (Lipinski definition) is 1. The van der Waals surface area contributed by atoms with Crippen LogP contribution >= 0.6 is 0 Å². The van der Waals surface area contributed by atoms with Gasteiger partial charge in [-0.25, -0.2) is 5.01 Å². The standard InChI is InChI=1S/C22H28N4O4/c1-4-25(5-2)19(27)14-24(3)21(29)15-9-8-10-16(13-15)26-22(30)18-12-7-6-11-17(18)20(28)23-26/h6-10,13,17-18H,4-5,11-12,14H2,1-3H3,(H,23,28). The fraction of sp³-hybridized carbons (Fsp3) is 0.455. The molecule has 1 aromatic carbocycles. The molecule has 1 heterocycles. The number of benzene rings is 1. The summed E-state index contributed by atoms with van der Waals surface area (Å²) in [5, 5.41) is 1.24. The minimum absolute atomic E-state index is 0.0276. The highest BCUT2D eigenvalue weighted by molar-refractivity contribution is 6.05. The molecular formula is C22H28N4O4. The fourth-order valence-corrected chi connectivity index (χ4v) is 3.93. The van der Waals surface area contributed by atoms with Gasteiger partial charge in [0, 0.05) is 25.7 Å². The van der Waals surface area contributed by atoms with Crippen molar-refractivity contribution in [1.82, 2.24) is 15.2 Å². The lowest BCUT2D eigenvalue weighted by Gasteiger charge is -2.38. The van der Waals surface area contributed by atoms with Crippen molar-refractivity contribution in [3.63, 3.8) is 0 Å². The highest BCUT2D eigenvalue weighted by Crippen LogP contribution is 2.32. The van der Waals surface area contributed by atoms with E-state index in [0.29, 0.717) is 37.2 Å². The predicted octanol–water partition coefficient (Wildman–Crippen LogP) is 1.59. The second-order valence-electron chi connectivity index (χ2n) is 7.58. The van der Waals surface area contributed by atoms with Crippen LogP contribution in [-0.4, -0.2) is 60.1 Å². The topological polar surface area (TPSA) is 90.0 Å². The van der Waals surface area contributed by atoms with Gasteiger partial charge < -0.3 is 9.80 Å². The van der Waals surface area contributed by atoms with Crippen LogP contribution in [0.1, 0.15) is 37.0 Å². The highest BCUT2D eigenvalue weighted by atomic mass is 16.2. The lowest BCUT2D eigenvalue weighted by Crippen LogP contribution is -2.59. The number of hydrazine groups is 1. The zero-order valence-corrected chi connectivity index (χ0v) is 17.6. The van der Waals surface area contributed by atoms with E-state index in [4.69, 9.17) is 0 Å². The van der Waals surface area contributed by atoms with Gasteiger partial charge >= 0.3 is 0 Å². The van der Waals surface area contributed by atoms with Gasteiger partial charge in [0.1, 0.15) is 0 Å². The molecule has 0 spiro atoms. The number of rotatable bonds is 6. The van der Waals surface area contributed by atoms with Gasteiger partial charge in [0.05, 0.1) is 24.1 Å². The number of anilines is 1. The molecule has 0 saturated carbocycles. The molecule has 1 aromatic rings. The van der Waals surface area contributed by atoms with Crippen LogP contribution in [0.3, 0.4) is 0 Å². The Labute approximate surface area is 176 Å². The summed E-state index contributed by atoms with van der Waals surface area (Å²) >= 11 is 0. The fourth-order valence-electron chi connectivity index (χ4n) is 3.93. The number of likely N-dealkylation sites (N-methyl/N-ethyl adjacent to an activating group) is 2. The van der Waals surface area contributed by atoms with Crippen molar-refractivity contribution >= 4 is 29.3 Å². The first-order valence-corrected chi connectivity index (χ1v) is 10.3. The van der Waals surface area contributed by atoms with Crippen molar-refractivity contribution in [3.8, 4) is 0 Å². The predicted molar refractivity (Wildman–Crippen MR) is 112 cm³/mol. The quantitative estimate of drug-likeness (QED) is 0.719. The van der Waals surface area contributed by atoms with Gasteiger partial charge in [-0.1, -0.05) is 18.2 Å². The van der Waals surface area contributed by atoms with E-state index in [1.54, 1.807) is 36.2 Å².